The molecule has 1 aromatic heterocycles. The topological polar surface area (TPSA) is 64.3 Å². The van der Waals surface area contributed by atoms with Gasteiger partial charge in [0.25, 0.3) is 0 Å². The van der Waals surface area contributed by atoms with E-state index in [1.165, 1.54) is 11.6 Å². The first-order valence-corrected chi connectivity index (χ1v) is 7.77. The molecule has 0 aliphatic heterocycles. The highest BCUT2D eigenvalue weighted by Crippen LogP contribution is 2.12. The minimum atomic E-state index is -0.336. The number of carbonyl (C=O) groups excluding carboxylic acids is 2. The Morgan fingerprint density at radius 1 is 1.00 bits per heavy atom. The van der Waals surface area contributed by atoms with E-state index in [2.05, 4.69) is 10.1 Å². The van der Waals surface area contributed by atoms with Crippen LogP contribution in [-0.2, 0) is 4.79 Å². The number of aromatic nitrogens is 2. The number of nitrogens with zero attached hydrogens (tertiary/aromatic N) is 3. The molecule has 23 heavy (non-hydrogen) atoms. The van der Waals surface area contributed by atoms with Crippen molar-refractivity contribution in [3.05, 3.63) is 76.0 Å². The number of benzene rings is 2. The number of rotatable bonds is 3. The third-order valence-corrected chi connectivity index (χ3v) is 3.95. The average Bonchev–Trinajstić information content (AvgIpc) is 2.99. The largest absolute Gasteiger partial charge is 0.286 e. The van der Waals surface area contributed by atoms with Gasteiger partial charge in [-0.05, 0) is 12.1 Å². The van der Waals surface area contributed by atoms with Gasteiger partial charge in [-0.25, -0.2) is 4.68 Å². The lowest BCUT2D eigenvalue weighted by Gasteiger charge is -1.99. The maximum Gasteiger partial charge on any atom is 0.245 e. The van der Waals surface area contributed by atoms with Crippen LogP contribution in [0, 0.1) is 0 Å². The highest BCUT2D eigenvalue weighted by Gasteiger charge is 2.16. The van der Waals surface area contributed by atoms with Gasteiger partial charge in [0.05, 0.1) is 5.69 Å². The maximum atomic E-state index is 12.5. The van der Waals surface area contributed by atoms with Gasteiger partial charge in [0.1, 0.15) is 0 Å². The molecule has 3 aromatic rings. The summed E-state index contributed by atoms with van der Waals surface area (Å²) in [6, 6.07) is 18.2. The number of hydrogen-bond donors (Lipinski definition) is 0. The van der Waals surface area contributed by atoms with Crippen molar-refractivity contribution < 1.29 is 9.59 Å². The fourth-order valence-electron chi connectivity index (χ4n) is 2.03. The molecule has 0 aliphatic rings. The van der Waals surface area contributed by atoms with Crippen molar-refractivity contribution in [1.82, 2.24) is 9.78 Å². The first-order valence-electron chi connectivity index (χ1n) is 6.96. The van der Waals surface area contributed by atoms with Crippen molar-refractivity contribution in [2.24, 2.45) is 4.99 Å². The lowest BCUT2D eigenvalue weighted by atomic mass is 10.1. The third-order valence-electron chi connectivity index (χ3n) is 3.04. The molecule has 0 radical (unpaired) electrons. The van der Waals surface area contributed by atoms with E-state index in [-0.39, 0.29) is 11.7 Å². The lowest BCUT2D eigenvalue weighted by molar-refractivity contribution is -0.116. The Kier molecular flexibility index (Phi) is 4.25. The Bertz CT molecular complexity index is 912. The van der Waals surface area contributed by atoms with E-state index in [1.807, 2.05) is 36.4 Å². The molecule has 0 atom stereocenters. The molecule has 0 aliphatic carbocycles. The summed E-state index contributed by atoms with van der Waals surface area (Å²) in [6.45, 7) is 1.37. The van der Waals surface area contributed by atoms with E-state index in [0.29, 0.717) is 15.4 Å². The van der Waals surface area contributed by atoms with E-state index in [1.54, 1.807) is 24.3 Å². The van der Waals surface area contributed by atoms with E-state index < -0.39 is 0 Å². The van der Waals surface area contributed by atoms with Crippen molar-refractivity contribution in [1.29, 1.82) is 0 Å². The molecular formula is C17H13N3O2S. The van der Waals surface area contributed by atoms with Crippen molar-refractivity contribution in [3.63, 3.8) is 0 Å². The summed E-state index contributed by atoms with van der Waals surface area (Å²) in [6.07, 6.45) is 0. The first-order chi connectivity index (χ1) is 11.1. The van der Waals surface area contributed by atoms with Crippen molar-refractivity contribution in [2.45, 2.75) is 6.92 Å². The third kappa shape index (κ3) is 3.32. The van der Waals surface area contributed by atoms with Crippen LogP contribution in [0.5, 0.6) is 0 Å². The zero-order valence-electron chi connectivity index (χ0n) is 12.3. The van der Waals surface area contributed by atoms with Gasteiger partial charge in [-0.3, -0.25) is 9.59 Å². The predicted molar refractivity (Wildman–Crippen MR) is 87.6 cm³/mol. The summed E-state index contributed by atoms with van der Waals surface area (Å²) in [5.41, 5.74) is 1.30. The zero-order chi connectivity index (χ0) is 16.2. The molecule has 1 amide bonds. The predicted octanol–water partition coefficient (Wildman–Crippen LogP) is 2.61. The second kappa shape index (κ2) is 6.50. The summed E-state index contributed by atoms with van der Waals surface area (Å²) in [4.78, 5) is 28.2. The van der Waals surface area contributed by atoms with Crippen LogP contribution in [0.2, 0.25) is 0 Å². The summed E-state index contributed by atoms with van der Waals surface area (Å²) in [5, 5.41) is 4.64. The molecule has 0 fully saturated rings. The van der Waals surface area contributed by atoms with E-state index in [4.69, 9.17) is 0 Å². The van der Waals surface area contributed by atoms with Gasteiger partial charge in [0.2, 0.25) is 16.5 Å². The number of hydrogen-bond acceptors (Lipinski definition) is 4. The lowest BCUT2D eigenvalue weighted by Crippen LogP contribution is -2.15. The molecule has 3 rings (SSSR count). The van der Waals surface area contributed by atoms with Gasteiger partial charge in [-0.1, -0.05) is 59.9 Å². The molecular weight excluding hydrogens is 310 g/mol. The first kappa shape index (κ1) is 15.1. The van der Waals surface area contributed by atoms with Gasteiger partial charge in [-0.15, -0.1) is 0 Å². The normalized spacial score (nSPS) is 11.4. The second-order valence-corrected chi connectivity index (χ2v) is 5.72. The van der Waals surface area contributed by atoms with Crippen LogP contribution >= 0.6 is 11.3 Å². The molecule has 114 valence electrons. The van der Waals surface area contributed by atoms with Gasteiger partial charge in [0.15, 0.2) is 5.01 Å². The number of para-hydroxylation sites is 1. The van der Waals surface area contributed by atoms with Crippen LogP contribution in [0.3, 0.4) is 0 Å². The summed E-state index contributed by atoms with van der Waals surface area (Å²) in [7, 11) is 0. The minimum Gasteiger partial charge on any atom is -0.286 e. The van der Waals surface area contributed by atoms with Gasteiger partial charge >= 0.3 is 0 Å². The van der Waals surface area contributed by atoms with Crippen LogP contribution in [0.15, 0.2) is 65.7 Å². The molecule has 0 saturated heterocycles. The number of carbonyl (C=O) groups is 2. The fourth-order valence-corrected chi connectivity index (χ4v) is 2.94. The zero-order valence-corrected chi connectivity index (χ0v) is 13.2. The maximum absolute atomic E-state index is 12.5. The Hall–Kier alpha value is -2.86. The van der Waals surface area contributed by atoms with Crippen LogP contribution < -0.4 is 4.80 Å². The van der Waals surface area contributed by atoms with E-state index in [0.717, 1.165) is 17.0 Å². The molecule has 0 unspecified atom stereocenters. The van der Waals surface area contributed by atoms with Crippen LogP contribution in [0.4, 0.5) is 0 Å². The van der Waals surface area contributed by atoms with Crippen molar-refractivity contribution >= 4 is 23.0 Å². The standard InChI is InChI=1S/C17H13N3O2S/c1-12(21)18-17-20(14-10-6-3-7-11-14)19-16(23-17)15(22)13-8-4-2-5-9-13/h2-11H,1H3. The molecule has 0 bridgehead atoms. The number of amides is 1. The summed E-state index contributed by atoms with van der Waals surface area (Å²) < 4.78 is 1.52. The minimum absolute atomic E-state index is 0.190. The highest BCUT2D eigenvalue weighted by molar-refractivity contribution is 7.11. The summed E-state index contributed by atoms with van der Waals surface area (Å²) >= 11 is 1.10. The second-order valence-electron chi connectivity index (χ2n) is 4.76. The average molecular weight is 323 g/mol. The van der Waals surface area contributed by atoms with Crippen LogP contribution in [0.1, 0.15) is 22.3 Å². The number of ketones is 1. The van der Waals surface area contributed by atoms with Crippen LogP contribution in [-0.4, -0.2) is 21.5 Å². The molecule has 0 N–H and O–H groups in total. The Labute approximate surface area is 136 Å². The molecule has 1 heterocycles. The van der Waals surface area contributed by atoms with E-state index in [9.17, 15) is 9.59 Å². The highest BCUT2D eigenvalue weighted by atomic mass is 32.1. The smallest absolute Gasteiger partial charge is 0.245 e. The molecule has 6 heteroatoms. The van der Waals surface area contributed by atoms with Gasteiger partial charge < -0.3 is 0 Å². The molecule has 2 aromatic carbocycles. The Morgan fingerprint density at radius 2 is 1.61 bits per heavy atom. The van der Waals surface area contributed by atoms with E-state index >= 15 is 0 Å². The molecule has 0 saturated carbocycles. The van der Waals surface area contributed by atoms with Gasteiger partial charge in [-0.2, -0.15) is 10.1 Å². The quantitative estimate of drug-likeness (QED) is 0.696. The van der Waals surface area contributed by atoms with Crippen molar-refractivity contribution in [3.8, 4) is 5.69 Å². The summed E-state index contributed by atoms with van der Waals surface area (Å²) in [5.74, 6) is -0.526. The monoisotopic (exact) mass is 323 g/mol. The molecule has 0 spiro atoms. The molecule has 5 nitrogen and oxygen atoms in total. The van der Waals surface area contributed by atoms with Crippen LogP contribution in [0.25, 0.3) is 5.69 Å². The Morgan fingerprint density at radius 3 is 2.22 bits per heavy atom. The Balaban J connectivity index is 2.13. The SMILES string of the molecule is CC(=O)N=c1sc(C(=O)c2ccccc2)nn1-c1ccccc1. The van der Waals surface area contributed by atoms with Crippen molar-refractivity contribution in [2.75, 3.05) is 0 Å². The van der Waals surface area contributed by atoms with Gasteiger partial charge in [0, 0.05) is 12.5 Å². The fraction of sp³-hybridized carbons (Fsp3) is 0.0588.